The van der Waals surface area contributed by atoms with Crippen molar-refractivity contribution in [2.24, 2.45) is 5.10 Å². The van der Waals surface area contributed by atoms with Crippen LogP contribution in [-0.2, 0) is 4.79 Å². The molecule has 0 atom stereocenters. The molecule has 1 amide bonds. The average Bonchev–Trinajstić information content (AvgIpc) is 2.90. The minimum Gasteiger partial charge on any atom is -0.400 e. The fourth-order valence-corrected chi connectivity index (χ4v) is 1.92. The van der Waals surface area contributed by atoms with Crippen LogP contribution in [-0.4, -0.2) is 66.6 Å². The third-order valence-corrected chi connectivity index (χ3v) is 3.14. The lowest BCUT2D eigenvalue weighted by Gasteiger charge is -2.31. The fraction of sp³-hybridized carbons (Fsp3) is 0.500. The lowest BCUT2D eigenvalue weighted by molar-refractivity contribution is -0.402. The molecule has 0 aliphatic carbocycles. The lowest BCUT2D eigenvalue weighted by atomic mass is 10.3. The Morgan fingerprint density at radius 1 is 1.45 bits per heavy atom. The molecule has 0 radical (unpaired) electrons. The van der Waals surface area contributed by atoms with Crippen LogP contribution in [0.1, 0.15) is 5.76 Å². The Bertz CT molecular complexity index is 539. The second-order valence-corrected chi connectivity index (χ2v) is 4.81. The summed E-state index contributed by atoms with van der Waals surface area (Å²) in [5.74, 6) is -0.376. The standard InChI is InChI=1S/C12H17N5O4.ClH/c1-15-4-6-16(7-5-15)9-11(18)14-13-8-10-2-3-12(21-10)17(19)20;/h2-3,8H,4-7,9H2,1H3,(H,14,18);1H. The van der Waals surface area contributed by atoms with Gasteiger partial charge in [0, 0.05) is 26.2 Å². The van der Waals surface area contributed by atoms with Gasteiger partial charge >= 0.3 is 5.88 Å². The Morgan fingerprint density at radius 2 is 2.14 bits per heavy atom. The summed E-state index contributed by atoms with van der Waals surface area (Å²) in [7, 11) is 2.05. The number of carbonyl (C=O) groups is 1. The molecular weight excluding hydrogens is 314 g/mol. The van der Waals surface area contributed by atoms with E-state index in [1.54, 1.807) is 0 Å². The van der Waals surface area contributed by atoms with Crippen molar-refractivity contribution in [2.45, 2.75) is 0 Å². The Hall–Kier alpha value is -1.97. The molecule has 1 aromatic heterocycles. The highest BCUT2D eigenvalue weighted by molar-refractivity contribution is 5.85. The first-order valence-electron chi connectivity index (χ1n) is 6.51. The minimum atomic E-state index is -0.636. The van der Waals surface area contributed by atoms with Crippen molar-refractivity contribution < 1.29 is 14.1 Å². The van der Waals surface area contributed by atoms with Crippen molar-refractivity contribution in [1.29, 1.82) is 0 Å². The Labute approximate surface area is 133 Å². The summed E-state index contributed by atoms with van der Waals surface area (Å²) in [6.07, 6.45) is 1.23. The number of halogens is 1. The van der Waals surface area contributed by atoms with Gasteiger partial charge in [0.15, 0.2) is 5.76 Å². The molecule has 10 heteroatoms. The maximum atomic E-state index is 11.7. The van der Waals surface area contributed by atoms with E-state index in [0.717, 1.165) is 26.2 Å². The minimum absolute atomic E-state index is 0. The van der Waals surface area contributed by atoms with E-state index in [4.69, 9.17) is 4.42 Å². The van der Waals surface area contributed by atoms with E-state index >= 15 is 0 Å². The van der Waals surface area contributed by atoms with Crippen LogP contribution < -0.4 is 5.43 Å². The fourth-order valence-electron chi connectivity index (χ4n) is 1.92. The van der Waals surface area contributed by atoms with E-state index in [1.165, 1.54) is 18.3 Å². The summed E-state index contributed by atoms with van der Waals surface area (Å²) in [5.41, 5.74) is 2.37. The van der Waals surface area contributed by atoms with E-state index < -0.39 is 4.92 Å². The van der Waals surface area contributed by atoms with Crippen molar-refractivity contribution in [1.82, 2.24) is 15.2 Å². The number of nitro groups is 1. The van der Waals surface area contributed by atoms with Gasteiger partial charge in [0.1, 0.15) is 4.92 Å². The topological polar surface area (TPSA) is 104 Å². The van der Waals surface area contributed by atoms with E-state index in [9.17, 15) is 14.9 Å². The molecule has 22 heavy (non-hydrogen) atoms. The predicted molar refractivity (Wildman–Crippen MR) is 82.3 cm³/mol. The third-order valence-electron chi connectivity index (χ3n) is 3.14. The van der Waals surface area contributed by atoms with Gasteiger partial charge in [-0.2, -0.15) is 5.10 Å². The highest BCUT2D eigenvalue weighted by Crippen LogP contribution is 2.13. The highest BCUT2D eigenvalue weighted by atomic mass is 35.5. The molecular formula is C12H18ClN5O4. The first-order valence-corrected chi connectivity index (χ1v) is 6.51. The number of hydrogen-bond acceptors (Lipinski definition) is 7. The quantitative estimate of drug-likeness (QED) is 0.473. The van der Waals surface area contributed by atoms with Gasteiger partial charge in [0.05, 0.1) is 18.8 Å². The molecule has 2 rings (SSSR count). The van der Waals surface area contributed by atoms with Gasteiger partial charge in [0.2, 0.25) is 0 Å². The SMILES string of the molecule is CN1CCN(CC(=O)NN=Cc2ccc([N+](=O)[O-])o2)CC1.Cl. The van der Waals surface area contributed by atoms with Gasteiger partial charge in [-0.3, -0.25) is 19.8 Å². The van der Waals surface area contributed by atoms with Gasteiger partial charge in [-0.05, 0) is 13.1 Å². The highest BCUT2D eigenvalue weighted by Gasteiger charge is 2.16. The van der Waals surface area contributed by atoms with Crippen LogP contribution in [0.2, 0.25) is 0 Å². The molecule has 2 heterocycles. The average molecular weight is 332 g/mol. The van der Waals surface area contributed by atoms with Crippen LogP contribution in [0.15, 0.2) is 21.7 Å². The Kier molecular flexibility index (Phi) is 6.96. The number of nitrogens with one attached hydrogen (secondary N) is 1. The van der Waals surface area contributed by atoms with Crippen molar-refractivity contribution in [3.8, 4) is 0 Å². The van der Waals surface area contributed by atoms with E-state index in [-0.39, 0.29) is 36.5 Å². The van der Waals surface area contributed by atoms with Gasteiger partial charge < -0.3 is 9.32 Å². The first kappa shape index (κ1) is 18.1. The summed E-state index contributed by atoms with van der Waals surface area (Å²) >= 11 is 0. The zero-order valence-corrected chi connectivity index (χ0v) is 12.9. The van der Waals surface area contributed by atoms with E-state index in [1.807, 2.05) is 11.9 Å². The maximum Gasteiger partial charge on any atom is 0.433 e. The molecule has 0 unspecified atom stereocenters. The van der Waals surface area contributed by atoms with Crippen LogP contribution >= 0.6 is 12.4 Å². The van der Waals surface area contributed by atoms with E-state index in [0.29, 0.717) is 0 Å². The second kappa shape index (κ2) is 8.47. The smallest absolute Gasteiger partial charge is 0.400 e. The van der Waals surface area contributed by atoms with Crippen LogP contribution in [0.3, 0.4) is 0 Å². The zero-order chi connectivity index (χ0) is 15.2. The largest absolute Gasteiger partial charge is 0.433 e. The third kappa shape index (κ3) is 5.43. The molecule has 1 aromatic rings. The van der Waals surface area contributed by atoms with Gasteiger partial charge in [-0.15, -0.1) is 12.4 Å². The molecule has 1 N–H and O–H groups in total. The molecule has 122 valence electrons. The van der Waals surface area contributed by atoms with Crippen LogP contribution in [0.5, 0.6) is 0 Å². The summed E-state index contributed by atoms with van der Waals surface area (Å²) < 4.78 is 4.87. The number of rotatable bonds is 5. The van der Waals surface area contributed by atoms with Crippen LogP contribution in [0.4, 0.5) is 5.88 Å². The maximum absolute atomic E-state index is 11.7. The van der Waals surface area contributed by atoms with Crippen LogP contribution in [0.25, 0.3) is 0 Å². The summed E-state index contributed by atoms with van der Waals surface area (Å²) in [5, 5.41) is 14.1. The zero-order valence-electron chi connectivity index (χ0n) is 12.1. The number of piperazine rings is 1. The molecule has 1 aliphatic rings. The van der Waals surface area contributed by atoms with E-state index in [2.05, 4.69) is 15.4 Å². The molecule has 1 aliphatic heterocycles. The molecule has 9 nitrogen and oxygen atoms in total. The normalized spacial score (nSPS) is 16.4. The van der Waals surface area contributed by atoms with Crippen molar-refractivity contribution in [3.05, 3.63) is 28.0 Å². The number of furan rings is 1. The first-order chi connectivity index (χ1) is 10.0. The summed E-state index contributed by atoms with van der Waals surface area (Å²) in [6.45, 7) is 3.85. The second-order valence-electron chi connectivity index (χ2n) is 4.81. The number of hydrogen-bond donors (Lipinski definition) is 1. The number of nitrogens with zero attached hydrogens (tertiary/aromatic N) is 4. The molecule has 0 spiro atoms. The molecule has 0 saturated carbocycles. The predicted octanol–water partition coefficient (Wildman–Crippen LogP) is 0.307. The summed E-state index contributed by atoms with van der Waals surface area (Å²) in [6, 6.07) is 2.64. The number of likely N-dealkylation sites (N-methyl/N-ethyl adjacent to an activating group) is 1. The number of carbonyl (C=O) groups excluding carboxylic acids is 1. The number of amides is 1. The molecule has 1 fully saturated rings. The van der Waals surface area contributed by atoms with Crippen molar-refractivity contribution in [3.63, 3.8) is 0 Å². The summed E-state index contributed by atoms with van der Waals surface area (Å²) in [4.78, 5) is 25.7. The Morgan fingerprint density at radius 3 is 2.73 bits per heavy atom. The van der Waals surface area contributed by atoms with Crippen molar-refractivity contribution in [2.75, 3.05) is 39.8 Å². The van der Waals surface area contributed by atoms with Crippen LogP contribution in [0, 0.1) is 10.1 Å². The van der Waals surface area contributed by atoms with Gasteiger partial charge in [-0.25, -0.2) is 5.43 Å². The van der Waals surface area contributed by atoms with Gasteiger partial charge in [0.25, 0.3) is 5.91 Å². The molecule has 0 aromatic carbocycles. The molecule has 0 bridgehead atoms. The Balaban J connectivity index is 0.00000242. The monoisotopic (exact) mass is 331 g/mol. The lowest BCUT2D eigenvalue weighted by Crippen LogP contribution is -2.47. The number of hydrazone groups is 1. The van der Waals surface area contributed by atoms with Gasteiger partial charge in [-0.1, -0.05) is 0 Å². The molecule has 1 saturated heterocycles. The van der Waals surface area contributed by atoms with Crippen molar-refractivity contribution >= 4 is 30.4 Å².